The number of anilines is 2. The van der Waals surface area contributed by atoms with E-state index in [-0.39, 0.29) is 18.0 Å². The minimum absolute atomic E-state index is 0.0499. The normalized spacial score (nSPS) is 17.3. The fourth-order valence-electron chi connectivity index (χ4n) is 6.16. The fourth-order valence-corrected chi connectivity index (χ4v) is 7.05. The molecule has 0 fully saturated rings. The number of nitrogens with zero attached hydrogens (tertiary/aromatic N) is 3. The van der Waals surface area contributed by atoms with Gasteiger partial charge in [0.1, 0.15) is 0 Å². The molecule has 9 nitrogen and oxygen atoms in total. The van der Waals surface area contributed by atoms with E-state index in [0.29, 0.717) is 42.2 Å². The highest BCUT2D eigenvalue weighted by molar-refractivity contribution is 7.22. The first-order valence-electron chi connectivity index (χ1n) is 15.5. The standard InChI is InChI=1S/C36H39N5O4S/c1-37-36-17-25-14-24(11-12-34(25)46-36)31-18-27(21-40(31)2)39-35(43)10-7-13-45-33-19-29(26(22-42)16-32(33)44-4)38-20-28-15-23-8-5-6-9-30(23)41(28)3/h5-6,8-9,11-12,14,16-17,19-22,28,31,37H,7,10,13,15,18H2,1-4H3,(H,39,43). The Labute approximate surface area is 273 Å². The second-order valence-electron chi connectivity index (χ2n) is 11.7. The molecular weight excluding hydrogens is 598 g/mol. The Morgan fingerprint density at radius 3 is 2.72 bits per heavy atom. The minimum Gasteiger partial charge on any atom is -0.493 e. The van der Waals surface area contributed by atoms with Gasteiger partial charge in [0, 0.05) is 74.1 Å². The fraction of sp³-hybridized carbons (Fsp3) is 0.306. The van der Waals surface area contributed by atoms with E-state index < -0.39 is 0 Å². The van der Waals surface area contributed by atoms with E-state index in [1.165, 1.54) is 34.0 Å². The predicted molar refractivity (Wildman–Crippen MR) is 186 cm³/mol. The average molecular weight is 638 g/mol. The number of carbonyl (C=O) groups is 2. The summed E-state index contributed by atoms with van der Waals surface area (Å²) in [5, 5.41) is 8.68. The number of amides is 1. The van der Waals surface area contributed by atoms with Gasteiger partial charge in [-0.15, -0.1) is 11.3 Å². The van der Waals surface area contributed by atoms with Gasteiger partial charge >= 0.3 is 0 Å². The van der Waals surface area contributed by atoms with Crippen molar-refractivity contribution >= 4 is 56.2 Å². The molecule has 0 bridgehead atoms. The number of para-hydroxylation sites is 1. The van der Waals surface area contributed by atoms with Gasteiger partial charge in [-0.05, 0) is 59.7 Å². The van der Waals surface area contributed by atoms with Crippen molar-refractivity contribution in [2.45, 2.75) is 37.8 Å². The highest BCUT2D eigenvalue weighted by Crippen LogP contribution is 2.37. The zero-order valence-corrected chi connectivity index (χ0v) is 27.4. The van der Waals surface area contributed by atoms with Crippen LogP contribution in [0.1, 0.15) is 46.8 Å². The molecule has 2 unspecified atom stereocenters. The number of aldehydes is 1. The van der Waals surface area contributed by atoms with Gasteiger partial charge in [0.2, 0.25) is 5.91 Å². The molecule has 4 aromatic rings. The molecule has 1 amide bonds. The van der Waals surface area contributed by atoms with Crippen LogP contribution in [-0.2, 0) is 11.2 Å². The maximum atomic E-state index is 12.8. The molecule has 6 rings (SSSR count). The molecule has 1 aromatic heterocycles. The first-order chi connectivity index (χ1) is 22.4. The lowest BCUT2D eigenvalue weighted by Gasteiger charge is -2.21. The van der Waals surface area contributed by atoms with Crippen molar-refractivity contribution in [3.8, 4) is 11.5 Å². The van der Waals surface area contributed by atoms with Gasteiger partial charge in [-0.1, -0.05) is 24.3 Å². The lowest BCUT2D eigenvalue weighted by molar-refractivity contribution is -0.120. The highest BCUT2D eigenvalue weighted by Gasteiger charge is 2.26. The van der Waals surface area contributed by atoms with Gasteiger partial charge in [-0.2, -0.15) is 0 Å². The number of benzene rings is 3. The number of hydrogen-bond acceptors (Lipinski definition) is 9. The molecule has 3 aromatic carbocycles. The van der Waals surface area contributed by atoms with E-state index in [9.17, 15) is 9.59 Å². The molecule has 46 heavy (non-hydrogen) atoms. The molecule has 0 saturated heterocycles. The molecule has 0 aliphatic carbocycles. The number of aliphatic imine (C=N–C) groups is 1. The molecule has 0 radical (unpaired) electrons. The zero-order valence-electron chi connectivity index (χ0n) is 26.6. The van der Waals surface area contributed by atoms with Crippen LogP contribution in [-0.4, -0.2) is 64.2 Å². The van der Waals surface area contributed by atoms with Crippen LogP contribution < -0.4 is 25.0 Å². The highest BCUT2D eigenvalue weighted by atomic mass is 32.1. The summed E-state index contributed by atoms with van der Waals surface area (Å²) in [7, 11) is 7.57. The maximum absolute atomic E-state index is 12.8. The Balaban J connectivity index is 1.02. The van der Waals surface area contributed by atoms with E-state index in [0.717, 1.165) is 29.8 Å². The number of ether oxygens (including phenoxy) is 2. The second-order valence-corrected chi connectivity index (χ2v) is 12.8. The molecule has 0 spiro atoms. The van der Waals surface area contributed by atoms with Crippen molar-refractivity contribution in [3.63, 3.8) is 0 Å². The van der Waals surface area contributed by atoms with Crippen LogP contribution >= 0.6 is 11.3 Å². The second kappa shape index (κ2) is 13.7. The Kier molecular flexibility index (Phi) is 9.25. The van der Waals surface area contributed by atoms with Gasteiger partial charge in [0.25, 0.3) is 0 Å². The third kappa shape index (κ3) is 6.57. The van der Waals surface area contributed by atoms with Crippen LogP contribution in [0.15, 0.2) is 77.6 Å². The van der Waals surface area contributed by atoms with Crippen LogP contribution in [0, 0.1) is 0 Å². The number of fused-ring (bicyclic) bond motifs is 2. The first kappa shape index (κ1) is 31.2. The smallest absolute Gasteiger partial charge is 0.224 e. The monoisotopic (exact) mass is 637 g/mol. The van der Waals surface area contributed by atoms with Crippen LogP contribution in [0.3, 0.4) is 0 Å². The average Bonchev–Trinajstić information content (AvgIpc) is 3.75. The van der Waals surface area contributed by atoms with Crippen molar-refractivity contribution in [1.29, 1.82) is 0 Å². The number of nitrogens with one attached hydrogen (secondary N) is 2. The van der Waals surface area contributed by atoms with Crippen LogP contribution in [0.4, 0.5) is 16.4 Å². The van der Waals surface area contributed by atoms with E-state index in [2.05, 4.69) is 61.8 Å². The van der Waals surface area contributed by atoms with E-state index in [4.69, 9.17) is 9.47 Å². The molecule has 238 valence electrons. The molecular formula is C36H39N5O4S. The van der Waals surface area contributed by atoms with Crippen molar-refractivity contribution < 1.29 is 19.1 Å². The molecule has 2 aliphatic rings. The van der Waals surface area contributed by atoms with E-state index >= 15 is 0 Å². The third-order valence-corrected chi connectivity index (χ3v) is 9.80. The van der Waals surface area contributed by atoms with E-state index in [1.807, 2.05) is 45.7 Å². The molecule has 3 heterocycles. The summed E-state index contributed by atoms with van der Waals surface area (Å²) < 4.78 is 12.8. The van der Waals surface area contributed by atoms with Crippen molar-refractivity contribution in [2.75, 3.05) is 45.1 Å². The van der Waals surface area contributed by atoms with Crippen molar-refractivity contribution in [3.05, 3.63) is 89.3 Å². The lowest BCUT2D eigenvalue weighted by atomic mass is 10.0. The number of methoxy groups -OCH3 is 1. The third-order valence-electron chi connectivity index (χ3n) is 8.67. The van der Waals surface area contributed by atoms with Crippen LogP contribution in [0.5, 0.6) is 11.5 Å². The Hall–Kier alpha value is -4.83. The van der Waals surface area contributed by atoms with Gasteiger partial charge in [-0.3, -0.25) is 14.6 Å². The molecule has 0 saturated carbocycles. The Morgan fingerprint density at radius 1 is 1.09 bits per heavy atom. The summed E-state index contributed by atoms with van der Waals surface area (Å²) in [6.07, 6.45) is 7.08. The van der Waals surface area contributed by atoms with E-state index in [1.54, 1.807) is 23.5 Å². The summed E-state index contributed by atoms with van der Waals surface area (Å²) in [5.41, 5.74) is 5.53. The summed E-state index contributed by atoms with van der Waals surface area (Å²) in [6, 6.07) is 20.7. The number of likely N-dealkylation sites (N-methyl/N-ethyl adjacent to an activating group) is 1. The Bertz CT molecular complexity index is 1820. The SMILES string of the molecule is CNc1cc2cc(C3CC(NC(=O)CCCOc4cc(N=CC5Cc6ccccc6N5C)c(C=O)cc4OC)=CN3C)ccc2s1. The van der Waals surface area contributed by atoms with Gasteiger partial charge in [0.05, 0.1) is 36.5 Å². The quantitative estimate of drug-likeness (QED) is 0.101. The van der Waals surface area contributed by atoms with Crippen molar-refractivity contribution in [1.82, 2.24) is 10.2 Å². The molecule has 2 N–H and O–H groups in total. The van der Waals surface area contributed by atoms with Gasteiger partial charge < -0.3 is 29.9 Å². The Morgan fingerprint density at radius 2 is 1.93 bits per heavy atom. The number of carbonyl (C=O) groups excluding carboxylic acids is 2. The maximum Gasteiger partial charge on any atom is 0.224 e. The predicted octanol–water partition coefficient (Wildman–Crippen LogP) is 6.72. The number of hydrogen-bond donors (Lipinski definition) is 2. The minimum atomic E-state index is -0.0499. The van der Waals surface area contributed by atoms with Gasteiger partial charge in [0.15, 0.2) is 17.8 Å². The summed E-state index contributed by atoms with van der Waals surface area (Å²) >= 11 is 1.74. The topological polar surface area (TPSA) is 95.5 Å². The summed E-state index contributed by atoms with van der Waals surface area (Å²) in [5.74, 6) is 0.881. The number of thiophene rings is 1. The molecule has 10 heteroatoms. The first-order valence-corrected chi connectivity index (χ1v) is 16.3. The van der Waals surface area contributed by atoms with Crippen LogP contribution in [0.2, 0.25) is 0 Å². The molecule has 2 atom stereocenters. The number of rotatable bonds is 12. The zero-order chi connectivity index (χ0) is 32.2. The summed E-state index contributed by atoms with van der Waals surface area (Å²) in [4.78, 5) is 33.7. The van der Waals surface area contributed by atoms with Gasteiger partial charge in [-0.25, -0.2) is 0 Å². The van der Waals surface area contributed by atoms with Crippen LogP contribution in [0.25, 0.3) is 10.1 Å². The lowest BCUT2D eigenvalue weighted by Crippen LogP contribution is -2.28. The summed E-state index contributed by atoms with van der Waals surface area (Å²) in [6.45, 7) is 0.310. The molecule has 2 aliphatic heterocycles. The largest absolute Gasteiger partial charge is 0.493 e. The van der Waals surface area contributed by atoms with Crippen molar-refractivity contribution in [2.24, 2.45) is 4.99 Å².